The molecule has 1 aliphatic heterocycles. The predicted molar refractivity (Wildman–Crippen MR) is 76.6 cm³/mol. The fourth-order valence-corrected chi connectivity index (χ4v) is 4.24. The van der Waals surface area contributed by atoms with Gasteiger partial charge in [0.2, 0.25) is 0 Å². The molecule has 0 spiro atoms. The molecule has 0 aromatic carbocycles. The first kappa shape index (κ1) is 11.9. The Kier molecular flexibility index (Phi) is 2.99. The number of nitrogens with zero attached hydrogens (tertiary/aromatic N) is 1. The summed E-state index contributed by atoms with van der Waals surface area (Å²) in [6.45, 7) is 5.71. The van der Waals surface area contributed by atoms with E-state index < -0.39 is 0 Å². The first-order valence-electron chi connectivity index (χ1n) is 6.06. The van der Waals surface area contributed by atoms with Crippen molar-refractivity contribution in [2.75, 3.05) is 6.54 Å². The van der Waals surface area contributed by atoms with Gasteiger partial charge in [-0.05, 0) is 43.3 Å². The molecular weight excluding hydrogens is 262 g/mol. The van der Waals surface area contributed by atoms with Gasteiger partial charge in [-0.25, -0.2) is 0 Å². The Morgan fingerprint density at radius 2 is 2.22 bits per heavy atom. The molecule has 2 nitrogen and oxygen atoms in total. The van der Waals surface area contributed by atoms with Crippen LogP contribution in [-0.4, -0.2) is 17.4 Å². The standard InChI is InChI=1S/C14H15NOS2/c1-9-7-12(10(2)18-9)14(16)15-5-3-13-11(8-15)4-6-17-13/h4,6-7H,3,5,8H2,1-2H3. The highest BCUT2D eigenvalue weighted by molar-refractivity contribution is 7.12. The van der Waals surface area contributed by atoms with Crippen LogP contribution in [0.4, 0.5) is 0 Å². The van der Waals surface area contributed by atoms with Crippen molar-refractivity contribution in [2.24, 2.45) is 0 Å². The van der Waals surface area contributed by atoms with Gasteiger partial charge in [-0.15, -0.1) is 22.7 Å². The Balaban J connectivity index is 1.85. The van der Waals surface area contributed by atoms with Crippen molar-refractivity contribution in [2.45, 2.75) is 26.8 Å². The lowest BCUT2D eigenvalue weighted by Crippen LogP contribution is -2.35. The largest absolute Gasteiger partial charge is 0.334 e. The van der Waals surface area contributed by atoms with Crippen molar-refractivity contribution < 1.29 is 4.79 Å². The molecule has 0 saturated carbocycles. The van der Waals surface area contributed by atoms with E-state index in [9.17, 15) is 4.79 Å². The maximum absolute atomic E-state index is 12.5. The number of hydrogen-bond donors (Lipinski definition) is 0. The van der Waals surface area contributed by atoms with E-state index in [1.165, 1.54) is 15.3 Å². The molecule has 3 rings (SSSR count). The molecule has 0 atom stereocenters. The lowest BCUT2D eigenvalue weighted by Gasteiger charge is -2.27. The minimum Gasteiger partial charge on any atom is -0.334 e. The molecule has 3 heterocycles. The number of rotatable bonds is 1. The molecule has 0 radical (unpaired) electrons. The van der Waals surface area contributed by atoms with Crippen LogP contribution in [0, 0.1) is 13.8 Å². The number of amides is 1. The van der Waals surface area contributed by atoms with Gasteiger partial charge in [0.05, 0.1) is 5.56 Å². The molecule has 1 amide bonds. The Morgan fingerprint density at radius 3 is 2.94 bits per heavy atom. The first-order valence-corrected chi connectivity index (χ1v) is 7.76. The predicted octanol–water partition coefficient (Wildman–Crippen LogP) is 3.62. The molecule has 1 aliphatic rings. The Bertz CT molecular complexity index is 597. The average Bonchev–Trinajstić information content (AvgIpc) is 2.93. The van der Waals surface area contributed by atoms with Crippen LogP contribution < -0.4 is 0 Å². The van der Waals surface area contributed by atoms with Crippen molar-refractivity contribution in [1.82, 2.24) is 4.90 Å². The van der Waals surface area contributed by atoms with E-state index in [0.717, 1.165) is 30.0 Å². The topological polar surface area (TPSA) is 20.3 Å². The Labute approximate surface area is 115 Å². The second-order valence-corrected chi connectivity index (χ2v) is 7.13. The molecule has 2 aromatic heterocycles. The molecular formula is C14H15NOS2. The van der Waals surface area contributed by atoms with Crippen LogP contribution in [0.2, 0.25) is 0 Å². The third-order valence-electron chi connectivity index (χ3n) is 3.37. The van der Waals surface area contributed by atoms with Gasteiger partial charge in [-0.3, -0.25) is 4.79 Å². The number of carbonyl (C=O) groups is 1. The van der Waals surface area contributed by atoms with Crippen LogP contribution in [0.5, 0.6) is 0 Å². The summed E-state index contributed by atoms with van der Waals surface area (Å²) in [5, 5.41) is 2.12. The molecule has 0 saturated heterocycles. The Hall–Kier alpha value is -1.13. The summed E-state index contributed by atoms with van der Waals surface area (Å²) >= 11 is 3.51. The molecule has 0 unspecified atom stereocenters. The maximum atomic E-state index is 12.5. The van der Waals surface area contributed by atoms with Crippen LogP contribution in [0.15, 0.2) is 17.5 Å². The van der Waals surface area contributed by atoms with Gasteiger partial charge < -0.3 is 4.90 Å². The highest BCUT2D eigenvalue weighted by atomic mass is 32.1. The van der Waals surface area contributed by atoms with Gasteiger partial charge in [0, 0.05) is 27.7 Å². The van der Waals surface area contributed by atoms with Crippen molar-refractivity contribution in [1.29, 1.82) is 0 Å². The molecule has 4 heteroatoms. The van der Waals surface area contributed by atoms with E-state index in [0.29, 0.717) is 0 Å². The summed E-state index contributed by atoms with van der Waals surface area (Å²) in [6, 6.07) is 4.16. The molecule has 0 fully saturated rings. The molecule has 2 aromatic rings. The second-order valence-electron chi connectivity index (χ2n) is 4.67. The van der Waals surface area contributed by atoms with Gasteiger partial charge >= 0.3 is 0 Å². The zero-order valence-corrected chi connectivity index (χ0v) is 12.2. The molecule has 18 heavy (non-hydrogen) atoms. The number of aryl methyl sites for hydroxylation is 2. The average molecular weight is 277 g/mol. The van der Waals surface area contributed by atoms with Gasteiger partial charge in [0.1, 0.15) is 0 Å². The minimum atomic E-state index is 0.189. The molecule has 0 aliphatic carbocycles. The summed E-state index contributed by atoms with van der Waals surface area (Å²) in [5.41, 5.74) is 2.21. The first-order chi connectivity index (χ1) is 8.65. The van der Waals surface area contributed by atoms with Gasteiger partial charge in [-0.1, -0.05) is 0 Å². The highest BCUT2D eigenvalue weighted by Gasteiger charge is 2.24. The van der Waals surface area contributed by atoms with Crippen molar-refractivity contribution >= 4 is 28.6 Å². The fraction of sp³-hybridized carbons (Fsp3) is 0.357. The number of fused-ring (bicyclic) bond motifs is 1. The summed E-state index contributed by atoms with van der Waals surface area (Å²) in [5.74, 6) is 0.189. The van der Waals surface area contributed by atoms with Crippen LogP contribution in [0.3, 0.4) is 0 Å². The lowest BCUT2D eigenvalue weighted by atomic mass is 10.1. The van der Waals surface area contributed by atoms with Gasteiger partial charge in [0.15, 0.2) is 0 Å². The van der Waals surface area contributed by atoms with Gasteiger partial charge in [0.25, 0.3) is 5.91 Å². The maximum Gasteiger partial charge on any atom is 0.255 e. The Morgan fingerprint density at radius 1 is 1.39 bits per heavy atom. The normalized spacial score (nSPS) is 14.7. The van der Waals surface area contributed by atoms with E-state index in [-0.39, 0.29) is 5.91 Å². The second kappa shape index (κ2) is 4.52. The zero-order chi connectivity index (χ0) is 12.7. The van der Waals surface area contributed by atoms with Crippen LogP contribution >= 0.6 is 22.7 Å². The lowest BCUT2D eigenvalue weighted by molar-refractivity contribution is 0.0735. The number of carbonyl (C=O) groups excluding carboxylic acids is 1. The summed E-state index contributed by atoms with van der Waals surface area (Å²) in [7, 11) is 0. The number of hydrogen-bond acceptors (Lipinski definition) is 3. The quantitative estimate of drug-likeness (QED) is 0.779. The third-order valence-corrected chi connectivity index (χ3v) is 5.36. The monoisotopic (exact) mass is 277 g/mol. The fourth-order valence-electron chi connectivity index (χ4n) is 2.44. The van der Waals surface area contributed by atoms with E-state index in [1.54, 1.807) is 22.7 Å². The minimum absolute atomic E-state index is 0.189. The van der Waals surface area contributed by atoms with E-state index >= 15 is 0 Å². The van der Waals surface area contributed by atoms with Crippen molar-refractivity contribution in [3.8, 4) is 0 Å². The van der Waals surface area contributed by atoms with Crippen LogP contribution in [-0.2, 0) is 13.0 Å². The smallest absolute Gasteiger partial charge is 0.255 e. The molecule has 0 N–H and O–H groups in total. The van der Waals surface area contributed by atoms with E-state index in [4.69, 9.17) is 0 Å². The number of thiophene rings is 2. The highest BCUT2D eigenvalue weighted by Crippen LogP contribution is 2.27. The SMILES string of the molecule is Cc1cc(C(=O)N2CCc3sccc3C2)c(C)s1. The summed E-state index contributed by atoms with van der Waals surface area (Å²) < 4.78 is 0. The summed E-state index contributed by atoms with van der Waals surface area (Å²) in [4.78, 5) is 18.3. The van der Waals surface area contributed by atoms with Crippen molar-refractivity contribution in [3.05, 3.63) is 43.3 Å². The zero-order valence-electron chi connectivity index (χ0n) is 10.5. The van der Waals surface area contributed by atoms with Crippen LogP contribution in [0.1, 0.15) is 30.6 Å². The van der Waals surface area contributed by atoms with Crippen LogP contribution in [0.25, 0.3) is 0 Å². The van der Waals surface area contributed by atoms with E-state index in [2.05, 4.69) is 18.4 Å². The van der Waals surface area contributed by atoms with Gasteiger partial charge in [-0.2, -0.15) is 0 Å². The third kappa shape index (κ3) is 1.99. The van der Waals surface area contributed by atoms with E-state index in [1.807, 2.05) is 17.9 Å². The molecule has 94 valence electrons. The van der Waals surface area contributed by atoms with Crippen molar-refractivity contribution in [3.63, 3.8) is 0 Å². The molecule has 0 bridgehead atoms. The summed E-state index contributed by atoms with van der Waals surface area (Å²) in [6.07, 6.45) is 1.00.